The van der Waals surface area contributed by atoms with Gasteiger partial charge in [0.15, 0.2) is 0 Å². The van der Waals surface area contributed by atoms with Crippen LogP contribution in [0.25, 0.3) is 0 Å². The number of hydrogen-bond acceptors (Lipinski definition) is 4. The van der Waals surface area contributed by atoms with Crippen molar-refractivity contribution in [2.45, 2.75) is 19.3 Å². The van der Waals surface area contributed by atoms with Gasteiger partial charge in [0.1, 0.15) is 34.2 Å². The Bertz CT molecular complexity index is 1400. The molecule has 0 aromatic heterocycles. The zero-order chi connectivity index (χ0) is 25.2. The van der Waals surface area contributed by atoms with Crippen molar-refractivity contribution in [2.75, 3.05) is 13.2 Å². The molecule has 2 heterocycles. The number of quaternary nitrogens is 2. The summed E-state index contributed by atoms with van der Waals surface area (Å²) in [6, 6.07) is 26.8. The topological polar surface area (TPSA) is 85.8 Å². The van der Waals surface area contributed by atoms with Crippen molar-refractivity contribution in [3.8, 4) is 11.5 Å². The first-order valence-corrected chi connectivity index (χ1v) is 12.7. The quantitative estimate of drug-likeness (QED) is 0.243. The summed E-state index contributed by atoms with van der Waals surface area (Å²) in [5.41, 5.74) is 6.63. The Hall–Kier alpha value is -4.26. The van der Waals surface area contributed by atoms with Crippen molar-refractivity contribution in [3.05, 3.63) is 107 Å². The molecule has 0 aliphatic carbocycles. The van der Waals surface area contributed by atoms with Gasteiger partial charge in [-0.2, -0.15) is 0 Å². The highest BCUT2D eigenvalue weighted by Crippen LogP contribution is 2.29. The second-order valence-electron chi connectivity index (χ2n) is 9.38. The molecule has 37 heavy (non-hydrogen) atoms. The highest BCUT2D eigenvalue weighted by molar-refractivity contribution is 6.15. The van der Waals surface area contributed by atoms with E-state index in [1.807, 2.05) is 95.6 Å². The second kappa shape index (κ2) is 10.0. The molecule has 4 aromatic carbocycles. The Balaban J connectivity index is 0.961. The Morgan fingerprint density at radius 3 is 1.41 bits per heavy atom. The monoisotopic (exact) mass is 492 g/mol. The highest BCUT2D eigenvalue weighted by Gasteiger charge is 2.28. The smallest absolute Gasteiger partial charge is 0.205 e. The van der Waals surface area contributed by atoms with Gasteiger partial charge in [-0.1, -0.05) is 24.3 Å². The van der Waals surface area contributed by atoms with E-state index in [1.165, 1.54) is 0 Å². The fourth-order valence-corrected chi connectivity index (χ4v) is 4.94. The van der Waals surface area contributed by atoms with E-state index in [2.05, 4.69) is 0 Å². The number of fused-ring (bicyclic) bond motifs is 4. The molecule has 0 saturated heterocycles. The summed E-state index contributed by atoms with van der Waals surface area (Å²) in [5.74, 6) is 1.52. The standard InChI is InChI=1S/C31H26N2O4/c34-30-22-8-2-4-10-26(22)32-28-14-12-20(18-24(28)30)36-16-6-1-7-17-37-21-13-15-29-25(19-21)31(35)23-9-3-5-11-27(23)33-29/h2-5,8-15,18-19H,1,6-7,16-17H2,(H,32,34)(H,33,35)/p+2. The average molecular weight is 493 g/mol. The zero-order valence-electron chi connectivity index (χ0n) is 20.4. The van der Waals surface area contributed by atoms with Crippen LogP contribution in [-0.4, -0.2) is 24.8 Å². The van der Waals surface area contributed by atoms with E-state index in [4.69, 9.17) is 9.47 Å². The van der Waals surface area contributed by atoms with Gasteiger partial charge in [-0.05, 0) is 55.7 Å². The third kappa shape index (κ3) is 4.65. The van der Waals surface area contributed by atoms with Gasteiger partial charge in [0, 0.05) is 24.3 Å². The molecule has 6 nitrogen and oxygen atoms in total. The summed E-state index contributed by atoms with van der Waals surface area (Å²) >= 11 is 0. The molecule has 0 bridgehead atoms. The lowest BCUT2D eigenvalue weighted by Gasteiger charge is -2.16. The Morgan fingerprint density at radius 1 is 0.486 bits per heavy atom. The van der Waals surface area contributed by atoms with E-state index in [0.29, 0.717) is 35.8 Å². The van der Waals surface area contributed by atoms with Gasteiger partial charge in [-0.15, -0.1) is 0 Å². The molecular weight excluding hydrogens is 464 g/mol. The molecule has 2 aliphatic rings. The van der Waals surface area contributed by atoms with Crippen LogP contribution in [-0.2, 0) is 0 Å². The van der Waals surface area contributed by atoms with E-state index < -0.39 is 0 Å². The van der Waals surface area contributed by atoms with Crippen molar-refractivity contribution >= 4 is 34.3 Å². The normalized spacial score (nSPS) is 13.3. The number of rotatable bonds is 8. The van der Waals surface area contributed by atoms with Crippen molar-refractivity contribution in [1.82, 2.24) is 0 Å². The summed E-state index contributed by atoms with van der Waals surface area (Å²) < 4.78 is 11.9. The van der Waals surface area contributed by atoms with Crippen LogP contribution in [0.4, 0.5) is 22.7 Å². The van der Waals surface area contributed by atoms with Gasteiger partial charge >= 0.3 is 0 Å². The maximum atomic E-state index is 12.9. The van der Waals surface area contributed by atoms with Crippen LogP contribution < -0.4 is 20.1 Å². The van der Waals surface area contributed by atoms with Gasteiger partial charge in [-0.3, -0.25) is 20.2 Å². The first-order chi connectivity index (χ1) is 18.2. The molecule has 4 aromatic rings. The third-order valence-corrected chi connectivity index (χ3v) is 6.90. The molecule has 2 aliphatic heterocycles. The lowest BCUT2D eigenvalue weighted by Crippen LogP contribution is -2.73. The number of hydrogen-bond donors (Lipinski definition) is 2. The van der Waals surface area contributed by atoms with E-state index in [9.17, 15) is 9.59 Å². The lowest BCUT2D eigenvalue weighted by atomic mass is 9.96. The molecule has 0 atom stereocenters. The summed E-state index contributed by atoms with van der Waals surface area (Å²) in [6.07, 6.45) is 2.73. The molecule has 0 unspecified atom stereocenters. The summed E-state index contributed by atoms with van der Waals surface area (Å²) in [5, 5.41) is 4.09. The number of carbonyl (C=O) groups is 2. The van der Waals surface area contributed by atoms with Gasteiger partial charge in [0.25, 0.3) is 0 Å². The Morgan fingerprint density at radius 2 is 0.919 bits per heavy atom. The molecule has 6 rings (SSSR count). The molecule has 0 spiro atoms. The average Bonchev–Trinajstić information content (AvgIpc) is 2.93. The fraction of sp³-hybridized carbons (Fsp3) is 0.161. The third-order valence-electron chi connectivity index (χ3n) is 6.90. The molecule has 184 valence electrons. The molecule has 0 radical (unpaired) electrons. The van der Waals surface area contributed by atoms with Gasteiger partial charge in [0.2, 0.25) is 11.6 Å². The van der Waals surface area contributed by atoms with Crippen LogP contribution in [0.1, 0.15) is 51.1 Å². The number of carbonyl (C=O) groups excluding carboxylic acids is 2. The lowest BCUT2D eigenvalue weighted by molar-refractivity contribution is -0.480. The zero-order valence-corrected chi connectivity index (χ0v) is 20.4. The molecule has 0 saturated carbocycles. The molecule has 0 amide bonds. The predicted molar refractivity (Wildman–Crippen MR) is 140 cm³/mol. The van der Waals surface area contributed by atoms with Crippen molar-refractivity contribution in [3.63, 3.8) is 0 Å². The van der Waals surface area contributed by atoms with Crippen LogP contribution in [0.2, 0.25) is 0 Å². The maximum absolute atomic E-state index is 12.9. The first-order valence-electron chi connectivity index (χ1n) is 12.7. The van der Waals surface area contributed by atoms with Crippen LogP contribution >= 0.6 is 0 Å². The summed E-state index contributed by atoms with van der Waals surface area (Å²) in [6.45, 7) is 1.16. The van der Waals surface area contributed by atoms with E-state index in [-0.39, 0.29) is 11.6 Å². The van der Waals surface area contributed by atoms with Crippen LogP contribution in [0.15, 0.2) is 84.9 Å². The van der Waals surface area contributed by atoms with Crippen LogP contribution in [0.5, 0.6) is 11.5 Å². The first kappa shape index (κ1) is 23.2. The Kier molecular flexibility index (Phi) is 6.26. The molecule has 6 heteroatoms. The maximum Gasteiger partial charge on any atom is 0.205 e. The van der Waals surface area contributed by atoms with E-state index in [0.717, 1.165) is 53.1 Å². The number of para-hydroxylation sites is 2. The molecular formula is C31H28N2O4+2. The number of unbranched alkanes of at least 4 members (excludes halogenated alkanes) is 2. The minimum Gasteiger partial charge on any atom is -0.494 e. The van der Waals surface area contributed by atoms with Crippen molar-refractivity contribution in [1.29, 1.82) is 0 Å². The minimum atomic E-state index is 0.0432. The van der Waals surface area contributed by atoms with Gasteiger partial charge < -0.3 is 9.47 Å². The summed E-state index contributed by atoms with van der Waals surface area (Å²) in [4.78, 5) is 25.7. The SMILES string of the molecule is O=C1c2ccccc2[NH2+]c2ccc(OCCCCCOc3ccc4c(c3)C(=O)c3ccccc3[NH2+]4)cc21. The fourth-order valence-electron chi connectivity index (χ4n) is 4.94. The van der Waals surface area contributed by atoms with Crippen LogP contribution in [0.3, 0.4) is 0 Å². The van der Waals surface area contributed by atoms with E-state index >= 15 is 0 Å². The number of nitrogens with two attached hydrogens (primary N) is 2. The highest BCUT2D eigenvalue weighted by atomic mass is 16.5. The van der Waals surface area contributed by atoms with Crippen LogP contribution in [0, 0.1) is 0 Å². The number of ether oxygens (including phenoxy) is 2. The molecule has 0 fully saturated rings. The van der Waals surface area contributed by atoms with Crippen molar-refractivity contribution in [2.24, 2.45) is 0 Å². The predicted octanol–water partition coefficient (Wildman–Crippen LogP) is 4.46. The largest absolute Gasteiger partial charge is 0.494 e. The minimum absolute atomic E-state index is 0.0432. The Labute approximate surface area is 215 Å². The second-order valence-corrected chi connectivity index (χ2v) is 9.38. The van der Waals surface area contributed by atoms with E-state index in [1.54, 1.807) is 0 Å². The van der Waals surface area contributed by atoms with Gasteiger partial charge in [-0.25, -0.2) is 0 Å². The van der Waals surface area contributed by atoms with Crippen molar-refractivity contribution < 1.29 is 29.7 Å². The number of benzene rings is 4. The van der Waals surface area contributed by atoms with Gasteiger partial charge in [0.05, 0.1) is 35.5 Å². The number of ketones is 2. The molecule has 4 N–H and O–H groups in total. The summed E-state index contributed by atoms with van der Waals surface area (Å²) in [7, 11) is 0.